The van der Waals surface area contributed by atoms with Crippen LogP contribution in [0.25, 0.3) is 6.08 Å². The number of aryl methyl sites for hydroxylation is 2. The Morgan fingerprint density at radius 1 is 1.00 bits per heavy atom. The Kier molecular flexibility index (Phi) is 7.92. The molecular weight excluding hydrogens is 583 g/mol. The molecule has 1 N–H and O–H groups in total. The van der Waals surface area contributed by atoms with Crippen LogP contribution in [0.5, 0.6) is 11.5 Å². The van der Waals surface area contributed by atoms with Gasteiger partial charge in [0.2, 0.25) is 0 Å². The second-order valence-electron chi connectivity index (χ2n) is 8.25. The van der Waals surface area contributed by atoms with Crippen molar-refractivity contribution in [2.24, 2.45) is 0 Å². The summed E-state index contributed by atoms with van der Waals surface area (Å²) in [5, 5.41) is 3.17. The lowest BCUT2D eigenvalue weighted by atomic mass is 10.0. The van der Waals surface area contributed by atoms with Gasteiger partial charge in [-0.15, -0.1) is 0 Å². The third-order valence-electron chi connectivity index (χ3n) is 5.84. The number of nitrogens with zero attached hydrogens (tertiary/aromatic N) is 1. The average Bonchev–Trinajstić information content (AvgIpc) is 2.84. The quantitative estimate of drug-likeness (QED) is 0.253. The summed E-state index contributed by atoms with van der Waals surface area (Å²) in [4.78, 5) is 39.3. The molecule has 0 radical (unpaired) electrons. The van der Waals surface area contributed by atoms with Gasteiger partial charge in [0.1, 0.15) is 12.2 Å². The summed E-state index contributed by atoms with van der Waals surface area (Å²) in [5.41, 5.74) is 3.17. The van der Waals surface area contributed by atoms with Crippen molar-refractivity contribution in [1.29, 1.82) is 0 Å². The standard InChI is InChI=1S/C27H21BrCl2N2O5/c1-14-7-8-17(9-15(14)2)32-26(34)18(25(33)31-27(32)35)10-16-11-20(28)24(23(12-16)36-3)37-13-19-21(29)5-4-6-22(19)30/h4-12H,13H2,1-3H3,(H,31,33,35)/b18-10+. The van der Waals surface area contributed by atoms with Crippen LogP contribution in [0.4, 0.5) is 10.5 Å². The first-order valence-corrected chi connectivity index (χ1v) is 12.6. The minimum absolute atomic E-state index is 0.0852. The Bertz CT molecular complexity index is 1450. The van der Waals surface area contributed by atoms with Crippen LogP contribution in [0.1, 0.15) is 22.3 Å². The van der Waals surface area contributed by atoms with E-state index in [0.717, 1.165) is 16.0 Å². The minimum Gasteiger partial charge on any atom is -0.493 e. The topological polar surface area (TPSA) is 84.9 Å². The summed E-state index contributed by atoms with van der Waals surface area (Å²) in [6, 6.07) is 12.8. The van der Waals surface area contributed by atoms with E-state index in [9.17, 15) is 14.4 Å². The first-order valence-electron chi connectivity index (χ1n) is 11.0. The Labute approximate surface area is 232 Å². The molecule has 10 heteroatoms. The minimum atomic E-state index is -0.809. The van der Waals surface area contributed by atoms with Crippen LogP contribution in [0.15, 0.2) is 58.6 Å². The number of benzene rings is 3. The number of methoxy groups -OCH3 is 1. The van der Waals surface area contributed by atoms with Crippen LogP contribution in [-0.4, -0.2) is 25.0 Å². The second kappa shape index (κ2) is 11.0. The number of ether oxygens (including phenoxy) is 2. The number of anilines is 1. The van der Waals surface area contributed by atoms with Gasteiger partial charge in [0, 0.05) is 15.6 Å². The van der Waals surface area contributed by atoms with Crippen molar-refractivity contribution in [2.75, 3.05) is 12.0 Å². The molecule has 1 aliphatic rings. The zero-order chi connectivity index (χ0) is 26.9. The molecule has 0 bridgehead atoms. The monoisotopic (exact) mass is 602 g/mol. The number of hydrogen-bond acceptors (Lipinski definition) is 5. The molecule has 3 aromatic rings. The number of carbonyl (C=O) groups is 3. The SMILES string of the molecule is COc1cc(/C=C2\C(=O)NC(=O)N(c3ccc(C)c(C)c3)C2=O)cc(Br)c1OCc1c(Cl)cccc1Cl. The van der Waals surface area contributed by atoms with Gasteiger partial charge >= 0.3 is 6.03 Å². The highest BCUT2D eigenvalue weighted by atomic mass is 79.9. The lowest BCUT2D eigenvalue weighted by molar-refractivity contribution is -0.122. The van der Waals surface area contributed by atoms with E-state index in [-0.39, 0.29) is 12.2 Å². The first-order chi connectivity index (χ1) is 17.6. The molecule has 0 spiro atoms. The number of barbiturate groups is 1. The van der Waals surface area contributed by atoms with Crippen LogP contribution in [0, 0.1) is 13.8 Å². The molecule has 0 unspecified atom stereocenters. The highest BCUT2D eigenvalue weighted by Crippen LogP contribution is 2.39. The maximum Gasteiger partial charge on any atom is 0.335 e. The van der Waals surface area contributed by atoms with Gasteiger partial charge in [-0.3, -0.25) is 14.9 Å². The van der Waals surface area contributed by atoms with Gasteiger partial charge in [0.25, 0.3) is 11.8 Å². The van der Waals surface area contributed by atoms with Crippen molar-refractivity contribution in [3.05, 3.63) is 90.9 Å². The Morgan fingerprint density at radius 3 is 2.35 bits per heavy atom. The molecule has 0 saturated carbocycles. The third-order valence-corrected chi connectivity index (χ3v) is 7.13. The van der Waals surface area contributed by atoms with E-state index in [2.05, 4.69) is 21.2 Å². The number of halogens is 3. The van der Waals surface area contributed by atoms with Crippen LogP contribution in [0.3, 0.4) is 0 Å². The fourth-order valence-electron chi connectivity index (χ4n) is 3.70. The van der Waals surface area contributed by atoms with Crippen molar-refractivity contribution in [2.45, 2.75) is 20.5 Å². The first kappa shape index (κ1) is 26.7. The van der Waals surface area contributed by atoms with Gasteiger partial charge < -0.3 is 9.47 Å². The number of carbonyl (C=O) groups excluding carboxylic acids is 3. The van der Waals surface area contributed by atoms with Crippen LogP contribution < -0.4 is 19.7 Å². The lowest BCUT2D eigenvalue weighted by Gasteiger charge is -2.27. The highest BCUT2D eigenvalue weighted by Gasteiger charge is 2.37. The molecule has 3 aromatic carbocycles. The highest BCUT2D eigenvalue weighted by molar-refractivity contribution is 9.10. The van der Waals surface area contributed by atoms with Gasteiger partial charge in [-0.05, 0) is 88.9 Å². The third kappa shape index (κ3) is 5.51. The molecule has 1 aliphatic heterocycles. The van der Waals surface area contributed by atoms with E-state index >= 15 is 0 Å². The number of imide groups is 2. The van der Waals surface area contributed by atoms with Gasteiger partial charge in [0.15, 0.2) is 11.5 Å². The van der Waals surface area contributed by atoms with E-state index in [0.29, 0.717) is 42.8 Å². The smallest absolute Gasteiger partial charge is 0.335 e. The van der Waals surface area contributed by atoms with Crippen LogP contribution in [0.2, 0.25) is 10.0 Å². The molecule has 0 atom stereocenters. The Hall–Kier alpha value is -3.33. The molecule has 37 heavy (non-hydrogen) atoms. The van der Waals surface area contributed by atoms with E-state index in [4.69, 9.17) is 32.7 Å². The van der Waals surface area contributed by atoms with Crippen LogP contribution >= 0.6 is 39.1 Å². The molecule has 0 aliphatic carbocycles. The number of nitrogens with one attached hydrogen (secondary N) is 1. The summed E-state index contributed by atoms with van der Waals surface area (Å²) < 4.78 is 11.9. The van der Waals surface area contributed by atoms with Crippen molar-refractivity contribution < 1.29 is 23.9 Å². The maximum absolute atomic E-state index is 13.3. The lowest BCUT2D eigenvalue weighted by Crippen LogP contribution is -2.54. The van der Waals surface area contributed by atoms with Crippen LogP contribution in [-0.2, 0) is 16.2 Å². The Morgan fingerprint density at radius 2 is 1.70 bits per heavy atom. The fraction of sp³-hybridized carbons (Fsp3) is 0.148. The second-order valence-corrected chi connectivity index (χ2v) is 9.92. The summed E-state index contributed by atoms with van der Waals surface area (Å²) in [5.74, 6) is -0.804. The molecule has 0 aromatic heterocycles. The van der Waals surface area contributed by atoms with Crippen molar-refractivity contribution in [1.82, 2.24) is 5.32 Å². The van der Waals surface area contributed by atoms with Gasteiger partial charge in [-0.1, -0.05) is 35.3 Å². The predicted octanol–water partition coefficient (Wildman–Crippen LogP) is 6.63. The largest absolute Gasteiger partial charge is 0.493 e. The van der Waals surface area contributed by atoms with E-state index in [1.165, 1.54) is 13.2 Å². The van der Waals surface area contributed by atoms with E-state index in [1.54, 1.807) is 42.5 Å². The van der Waals surface area contributed by atoms with Crippen molar-refractivity contribution in [3.63, 3.8) is 0 Å². The van der Waals surface area contributed by atoms with Gasteiger partial charge in [-0.2, -0.15) is 0 Å². The Balaban J connectivity index is 1.66. The molecule has 4 amide bonds. The number of amides is 4. The molecule has 190 valence electrons. The molecular formula is C27H21BrCl2N2O5. The summed E-state index contributed by atoms with van der Waals surface area (Å²) in [6.45, 7) is 3.88. The molecule has 1 heterocycles. The molecule has 4 rings (SSSR count). The maximum atomic E-state index is 13.3. The average molecular weight is 604 g/mol. The zero-order valence-corrected chi connectivity index (χ0v) is 23.1. The molecule has 1 saturated heterocycles. The summed E-state index contributed by atoms with van der Waals surface area (Å²) in [6.07, 6.45) is 1.39. The molecule has 7 nitrogen and oxygen atoms in total. The number of urea groups is 1. The van der Waals surface area contributed by atoms with Gasteiger partial charge in [-0.25, -0.2) is 9.69 Å². The number of hydrogen-bond donors (Lipinski definition) is 1. The van der Waals surface area contributed by atoms with E-state index < -0.39 is 17.8 Å². The fourth-order valence-corrected chi connectivity index (χ4v) is 4.78. The summed E-state index contributed by atoms with van der Waals surface area (Å²) >= 11 is 15.9. The van der Waals surface area contributed by atoms with E-state index in [1.807, 2.05) is 19.9 Å². The van der Waals surface area contributed by atoms with Crippen molar-refractivity contribution in [3.8, 4) is 11.5 Å². The molecule has 1 fully saturated rings. The normalized spacial score (nSPS) is 14.7. The zero-order valence-electron chi connectivity index (χ0n) is 20.0. The van der Waals surface area contributed by atoms with Gasteiger partial charge in [0.05, 0.1) is 17.3 Å². The summed E-state index contributed by atoms with van der Waals surface area (Å²) in [7, 11) is 1.46. The number of rotatable bonds is 6. The van der Waals surface area contributed by atoms with Crippen molar-refractivity contribution >= 4 is 68.7 Å². The predicted molar refractivity (Wildman–Crippen MR) is 146 cm³/mol.